The molecule has 2 saturated heterocycles. The summed E-state index contributed by atoms with van der Waals surface area (Å²) in [5.74, 6) is 0.601. The number of likely N-dealkylation sites (tertiary alicyclic amines) is 1. The van der Waals surface area contributed by atoms with Crippen LogP contribution in [0.1, 0.15) is 31.2 Å². The number of nitrogens with zero attached hydrogens (tertiary/aromatic N) is 1. The smallest absolute Gasteiger partial charge is 0.241 e. The van der Waals surface area contributed by atoms with E-state index in [-0.39, 0.29) is 17.8 Å². The number of halogens is 1. The lowest BCUT2D eigenvalue weighted by atomic mass is 9.91. The van der Waals surface area contributed by atoms with Gasteiger partial charge in [-0.2, -0.15) is 0 Å². The van der Waals surface area contributed by atoms with E-state index in [1.807, 2.05) is 17.0 Å². The number of piperidine rings is 1. The lowest BCUT2D eigenvalue weighted by Crippen LogP contribution is -2.49. The Morgan fingerprint density at radius 1 is 1.27 bits per heavy atom. The standard InChI is InChI=1S/C17H24FN3O/c18-15-7-5-13(6-8-15)3-4-14-2-1-11-21(12-14)17(22)16-9-10-19-20-16/h5-8,14,16,19-20H,1-4,9-12H2. The number of rotatable bonds is 4. The number of nitrogens with one attached hydrogen (secondary N) is 2. The second-order valence-corrected chi connectivity index (χ2v) is 6.37. The third-order valence-corrected chi connectivity index (χ3v) is 4.72. The first-order valence-electron chi connectivity index (χ1n) is 8.24. The molecule has 2 atom stereocenters. The van der Waals surface area contributed by atoms with Gasteiger partial charge in [0.15, 0.2) is 0 Å². The molecule has 0 aliphatic carbocycles. The number of carbonyl (C=O) groups is 1. The molecule has 2 heterocycles. The van der Waals surface area contributed by atoms with Crippen LogP contribution in [0.4, 0.5) is 4.39 Å². The molecular weight excluding hydrogens is 281 g/mol. The third-order valence-electron chi connectivity index (χ3n) is 4.72. The topological polar surface area (TPSA) is 44.4 Å². The third kappa shape index (κ3) is 3.84. The number of aryl methyl sites for hydroxylation is 1. The van der Waals surface area contributed by atoms with Crippen molar-refractivity contribution in [3.8, 4) is 0 Å². The van der Waals surface area contributed by atoms with Gasteiger partial charge in [-0.3, -0.25) is 10.2 Å². The van der Waals surface area contributed by atoms with Crippen molar-refractivity contribution in [1.29, 1.82) is 0 Å². The van der Waals surface area contributed by atoms with Crippen LogP contribution in [-0.2, 0) is 11.2 Å². The van der Waals surface area contributed by atoms with Crippen LogP contribution in [-0.4, -0.2) is 36.5 Å². The van der Waals surface area contributed by atoms with Crippen molar-refractivity contribution in [3.05, 3.63) is 35.6 Å². The average Bonchev–Trinajstić information content (AvgIpc) is 3.08. The quantitative estimate of drug-likeness (QED) is 0.892. The number of hydrogen-bond donors (Lipinski definition) is 2. The van der Waals surface area contributed by atoms with Gasteiger partial charge in [0, 0.05) is 19.6 Å². The highest BCUT2D eigenvalue weighted by atomic mass is 19.1. The van der Waals surface area contributed by atoms with E-state index in [9.17, 15) is 9.18 Å². The van der Waals surface area contributed by atoms with Crippen LogP contribution in [0.2, 0.25) is 0 Å². The maximum absolute atomic E-state index is 12.9. The van der Waals surface area contributed by atoms with E-state index in [0.29, 0.717) is 5.92 Å². The van der Waals surface area contributed by atoms with Crippen LogP contribution >= 0.6 is 0 Å². The van der Waals surface area contributed by atoms with Gasteiger partial charge in [-0.15, -0.1) is 0 Å². The second kappa shape index (κ2) is 7.20. The molecule has 0 bridgehead atoms. The molecule has 0 aromatic heterocycles. The maximum atomic E-state index is 12.9. The first kappa shape index (κ1) is 15.4. The summed E-state index contributed by atoms with van der Waals surface area (Å²) in [6.07, 6.45) is 5.15. The number of hydrogen-bond acceptors (Lipinski definition) is 3. The van der Waals surface area contributed by atoms with Gasteiger partial charge in [0.1, 0.15) is 11.9 Å². The fourth-order valence-corrected chi connectivity index (χ4v) is 3.41. The van der Waals surface area contributed by atoms with Gasteiger partial charge in [0.2, 0.25) is 5.91 Å². The fourth-order valence-electron chi connectivity index (χ4n) is 3.41. The Labute approximate surface area is 131 Å². The Bertz CT molecular complexity index is 499. The SMILES string of the molecule is O=C(C1CCNN1)N1CCCC(CCc2ccc(F)cc2)C1. The van der Waals surface area contributed by atoms with Crippen molar-refractivity contribution in [1.82, 2.24) is 15.8 Å². The van der Waals surface area contributed by atoms with Crippen molar-refractivity contribution in [3.63, 3.8) is 0 Å². The van der Waals surface area contributed by atoms with E-state index >= 15 is 0 Å². The molecule has 2 aliphatic heterocycles. The maximum Gasteiger partial charge on any atom is 0.241 e. The van der Waals surface area contributed by atoms with Gasteiger partial charge < -0.3 is 4.90 Å². The van der Waals surface area contributed by atoms with Crippen LogP contribution in [0.15, 0.2) is 24.3 Å². The highest BCUT2D eigenvalue weighted by Gasteiger charge is 2.30. The van der Waals surface area contributed by atoms with Gasteiger partial charge in [-0.1, -0.05) is 12.1 Å². The highest BCUT2D eigenvalue weighted by Crippen LogP contribution is 2.22. The summed E-state index contributed by atoms with van der Waals surface area (Å²) in [4.78, 5) is 14.5. The highest BCUT2D eigenvalue weighted by molar-refractivity contribution is 5.82. The minimum atomic E-state index is -0.184. The minimum absolute atomic E-state index is 0.0594. The van der Waals surface area contributed by atoms with Crippen molar-refractivity contribution < 1.29 is 9.18 Å². The van der Waals surface area contributed by atoms with E-state index in [1.165, 1.54) is 24.1 Å². The Morgan fingerprint density at radius 3 is 2.82 bits per heavy atom. The van der Waals surface area contributed by atoms with Gasteiger partial charge in [0.05, 0.1) is 0 Å². The summed E-state index contributed by atoms with van der Waals surface area (Å²) < 4.78 is 12.9. The predicted molar refractivity (Wildman–Crippen MR) is 83.6 cm³/mol. The molecule has 0 saturated carbocycles. The molecule has 1 aromatic carbocycles. The molecule has 120 valence electrons. The molecule has 2 fully saturated rings. The number of benzene rings is 1. The molecule has 2 unspecified atom stereocenters. The Hall–Kier alpha value is -1.46. The van der Waals surface area contributed by atoms with E-state index in [1.54, 1.807) is 0 Å². The molecule has 1 aromatic rings. The summed E-state index contributed by atoms with van der Waals surface area (Å²) in [5, 5.41) is 0. The van der Waals surface area contributed by atoms with Gasteiger partial charge in [-0.25, -0.2) is 9.82 Å². The Morgan fingerprint density at radius 2 is 2.09 bits per heavy atom. The molecule has 22 heavy (non-hydrogen) atoms. The lowest BCUT2D eigenvalue weighted by molar-refractivity contribution is -0.135. The zero-order valence-corrected chi connectivity index (χ0v) is 12.9. The Balaban J connectivity index is 1.49. The van der Waals surface area contributed by atoms with Gasteiger partial charge in [-0.05, 0) is 55.7 Å². The van der Waals surface area contributed by atoms with Crippen molar-refractivity contribution >= 4 is 5.91 Å². The lowest BCUT2D eigenvalue weighted by Gasteiger charge is -2.34. The van der Waals surface area contributed by atoms with Crippen molar-refractivity contribution in [2.45, 2.75) is 38.1 Å². The monoisotopic (exact) mass is 305 g/mol. The first-order chi connectivity index (χ1) is 10.7. The fraction of sp³-hybridized carbons (Fsp3) is 0.588. The van der Waals surface area contributed by atoms with E-state index in [4.69, 9.17) is 0 Å². The summed E-state index contributed by atoms with van der Waals surface area (Å²) in [5.41, 5.74) is 7.25. The summed E-state index contributed by atoms with van der Waals surface area (Å²) in [6.45, 7) is 2.60. The van der Waals surface area contributed by atoms with Crippen molar-refractivity contribution in [2.75, 3.05) is 19.6 Å². The summed E-state index contributed by atoms with van der Waals surface area (Å²) in [7, 11) is 0. The van der Waals surface area contributed by atoms with Crippen LogP contribution < -0.4 is 10.9 Å². The number of amides is 1. The Kier molecular flexibility index (Phi) is 5.05. The zero-order chi connectivity index (χ0) is 15.4. The number of hydrazine groups is 1. The molecule has 2 aliphatic rings. The van der Waals surface area contributed by atoms with Crippen LogP contribution in [0.25, 0.3) is 0 Å². The van der Waals surface area contributed by atoms with E-state index in [0.717, 1.165) is 45.3 Å². The molecule has 0 radical (unpaired) electrons. The van der Waals surface area contributed by atoms with Crippen LogP contribution in [0.3, 0.4) is 0 Å². The largest absolute Gasteiger partial charge is 0.341 e. The van der Waals surface area contributed by atoms with Gasteiger partial charge in [0.25, 0.3) is 0 Å². The van der Waals surface area contributed by atoms with Crippen LogP contribution in [0.5, 0.6) is 0 Å². The normalized spacial score (nSPS) is 25.4. The van der Waals surface area contributed by atoms with E-state index in [2.05, 4.69) is 10.9 Å². The predicted octanol–water partition coefficient (Wildman–Crippen LogP) is 1.86. The molecular formula is C17H24FN3O. The molecule has 5 heteroatoms. The summed E-state index contributed by atoms with van der Waals surface area (Å²) >= 11 is 0. The molecule has 4 nitrogen and oxygen atoms in total. The molecule has 1 amide bonds. The summed E-state index contributed by atoms with van der Waals surface area (Å²) in [6, 6.07) is 6.69. The molecule has 3 rings (SSSR count). The molecule has 2 N–H and O–H groups in total. The van der Waals surface area contributed by atoms with Gasteiger partial charge >= 0.3 is 0 Å². The second-order valence-electron chi connectivity index (χ2n) is 6.37. The van der Waals surface area contributed by atoms with E-state index < -0.39 is 0 Å². The average molecular weight is 305 g/mol. The van der Waals surface area contributed by atoms with Crippen molar-refractivity contribution in [2.24, 2.45) is 5.92 Å². The molecule has 0 spiro atoms. The number of carbonyl (C=O) groups excluding carboxylic acids is 1. The first-order valence-corrected chi connectivity index (χ1v) is 8.24. The van der Waals surface area contributed by atoms with Crippen LogP contribution in [0, 0.1) is 11.7 Å². The minimum Gasteiger partial charge on any atom is -0.341 e. The zero-order valence-electron chi connectivity index (χ0n) is 12.9.